The zero-order valence-electron chi connectivity index (χ0n) is 15.9. The van der Waals surface area contributed by atoms with Crippen LogP contribution in [0.25, 0.3) is 11.0 Å². The molecular formula is C21H20N4O3. The van der Waals surface area contributed by atoms with Gasteiger partial charge in [0.05, 0.1) is 30.9 Å². The molecule has 0 saturated carbocycles. The third kappa shape index (κ3) is 3.11. The van der Waals surface area contributed by atoms with Crippen molar-refractivity contribution in [3.63, 3.8) is 0 Å². The van der Waals surface area contributed by atoms with Gasteiger partial charge < -0.3 is 19.0 Å². The molecule has 3 heterocycles. The number of rotatable bonds is 5. The van der Waals surface area contributed by atoms with Gasteiger partial charge in [-0.15, -0.1) is 0 Å². The number of benzene rings is 1. The number of carbonyl (C=O) groups is 1. The van der Waals surface area contributed by atoms with Crippen molar-refractivity contribution in [2.45, 2.75) is 20.4 Å². The number of nitrogens with one attached hydrogen (secondary N) is 1. The number of hydrogen-bond acceptors (Lipinski definition) is 6. The van der Waals surface area contributed by atoms with Crippen LogP contribution in [0.3, 0.4) is 0 Å². The van der Waals surface area contributed by atoms with Crippen molar-refractivity contribution >= 4 is 28.5 Å². The highest BCUT2D eigenvalue weighted by Gasteiger charge is 2.17. The molecule has 28 heavy (non-hydrogen) atoms. The van der Waals surface area contributed by atoms with E-state index in [-0.39, 0.29) is 5.97 Å². The van der Waals surface area contributed by atoms with Crippen LogP contribution in [0.4, 0.5) is 11.5 Å². The van der Waals surface area contributed by atoms with Crippen LogP contribution in [0.15, 0.2) is 53.4 Å². The van der Waals surface area contributed by atoms with Crippen molar-refractivity contribution in [2.75, 3.05) is 12.4 Å². The second-order valence-electron chi connectivity index (χ2n) is 6.49. The fourth-order valence-corrected chi connectivity index (χ4v) is 3.26. The quantitative estimate of drug-likeness (QED) is 0.525. The van der Waals surface area contributed by atoms with Gasteiger partial charge in [0.15, 0.2) is 0 Å². The Hall–Kier alpha value is -3.61. The molecule has 0 aliphatic rings. The van der Waals surface area contributed by atoms with E-state index in [1.165, 1.54) is 7.11 Å². The fourth-order valence-electron chi connectivity index (χ4n) is 3.26. The number of hydrogen-bond donors (Lipinski definition) is 1. The van der Waals surface area contributed by atoms with Crippen LogP contribution >= 0.6 is 0 Å². The predicted octanol–water partition coefficient (Wildman–Crippen LogP) is 4.22. The Morgan fingerprint density at radius 3 is 2.64 bits per heavy atom. The minimum absolute atomic E-state index is 0.363. The molecule has 7 nitrogen and oxygen atoms in total. The van der Waals surface area contributed by atoms with Gasteiger partial charge in [-0.2, -0.15) is 0 Å². The van der Waals surface area contributed by atoms with Crippen molar-refractivity contribution in [3.05, 3.63) is 71.6 Å². The molecule has 0 radical (unpaired) electrons. The minimum atomic E-state index is -0.363. The highest BCUT2D eigenvalue weighted by Crippen LogP contribution is 2.31. The second kappa shape index (κ2) is 7.19. The average molecular weight is 376 g/mol. The normalized spacial score (nSPS) is 11.0. The van der Waals surface area contributed by atoms with Crippen LogP contribution < -0.4 is 5.32 Å². The van der Waals surface area contributed by atoms with Crippen LogP contribution in [0.1, 0.15) is 27.4 Å². The molecule has 0 bridgehead atoms. The van der Waals surface area contributed by atoms with Gasteiger partial charge in [-0.3, -0.25) is 0 Å². The first-order valence-corrected chi connectivity index (χ1v) is 8.86. The first-order chi connectivity index (χ1) is 13.6. The number of esters is 1. The average Bonchev–Trinajstić information content (AvgIpc) is 3.31. The van der Waals surface area contributed by atoms with Crippen molar-refractivity contribution in [3.8, 4) is 0 Å². The fraction of sp³-hybridized carbons (Fsp3) is 0.190. The van der Waals surface area contributed by atoms with E-state index in [0.29, 0.717) is 12.1 Å². The predicted molar refractivity (Wildman–Crippen MR) is 106 cm³/mol. The SMILES string of the molecule is COC(=O)c1ccc(Nc2ncnc3c2c(C)c(C)n3Cc2ccco2)cc1. The molecule has 0 aliphatic carbocycles. The van der Waals surface area contributed by atoms with Crippen LogP contribution in [0.5, 0.6) is 0 Å². The highest BCUT2D eigenvalue weighted by atomic mass is 16.5. The Labute approximate surface area is 162 Å². The number of nitrogens with zero attached hydrogens (tertiary/aromatic N) is 3. The third-order valence-electron chi connectivity index (χ3n) is 4.87. The zero-order valence-corrected chi connectivity index (χ0v) is 15.9. The zero-order chi connectivity index (χ0) is 19.7. The number of furan rings is 1. The van der Waals surface area contributed by atoms with Crippen LogP contribution in [-0.2, 0) is 11.3 Å². The van der Waals surface area contributed by atoms with Crippen LogP contribution in [0, 0.1) is 13.8 Å². The van der Waals surface area contributed by atoms with E-state index in [1.54, 1.807) is 24.7 Å². The van der Waals surface area contributed by atoms with Gasteiger partial charge in [0.2, 0.25) is 0 Å². The van der Waals surface area contributed by atoms with Gasteiger partial charge in [0.1, 0.15) is 23.6 Å². The molecule has 7 heteroatoms. The molecule has 142 valence electrons. The lowest BCUT2D eigenvalue weighted by Gasteiger charge is -2.08. The second-order valence-corrected chi connectivity index (χ2v) is 6.49. The first-order valence-electron chi connectivity index (χ1n) is 8.86. The number of ether oxygens (including phenoxy) is 1. The molecule has 0 spiro atoms. The number of anilines is 2. The Bertz CT molecular complexity index is 1130. The van der Waals surface area contributed by atoms with E-state index in [2.05, 4.69) is 33.7 Å². The standard InChI is InChI=1S/C21H20N4O3/c1-13-14(2)25(11-17-5-4-10-28-17)20-18(13)19(22-12-23-20)24-16-8-6-15(7-9-16)21(26)27-3/h4-10,12H,11H2,1-3H3,(H,22,23,24). The maximum Gasteiger partial charge on any atom is 0.337 e. The molecular weight excluding hydrogens is 356 g/mol. The van der Waals surface area contributed by atoms with E-state index in [0.717, 1.165) is 39.6 Å². The third-order valence-corrected chi connectivity index (χ3v) is 4.87. The molecule has 4 rings (SSSR count). The molecule has 0 fully saturated rings. The lowest BCUT2D eigenvalue weighted by Crippen LogP contribution is -2.03. The summed E-state index contributed by atoms with van der Waals surface area (Å²) in [5.74, 6) is 1.22. The monoisotopic (exact) mass is 376 g/mol. The number of aryl methyl sites for hydroxylation is 1. The summed E-state index contributed by atoms with van der Waals surface area (Å²) < 4.78 is 12.4. The van der Waals surface area contributed by atoms with Gasteiger partial charge in [-0.05, 0) is 55.8 Å². The van der Waals surface area contributed by atoms with Crippen molar-refractivity contribution in [2.24, 2.45) is 0 Å². The Balaban J connectivity index is 1.71. The van der Waals surface area contributed by atoms with E-state index in [9.17, 15) is 4.79 Å². The molecule has 4 aromatic rings. The van der Waals surface area contributed by atoms with Gasteiger partial charge in [0, 0.05) is 11.4 Å². The number of carbonyl (C=O) groups excluding carboxylic acids is 1. The maximum absolute atomic E-state index is 11.6. The molecule has 1 aromatic carbocycles. The Kier molecular flexibility index (Phi) is 4.57. The summed E-state index contributed by atoms with van der Waals surface area (Å²) in [4.78, 5) is 20.5. The van der Waals surface area contributed by atoms with Crippen LogP contribution in [-0.4, -0.2) is 27.6 Å². The molecule has 0 atom stereocenters. The summed E-state index contributed by atoms with van der Waals surface area (Å²) in [5, 5.41) is 4.29. The molecule has 0 unspecified atom stereocenters. The van der Waals surface area contributed by atoms with Gasteiger partial charge in [-0.25, -0.2) is 14.8 Å². The smallest absolute Gasteiger partial charge is 0.337 e. The molecule has 3 aromatic heterocycles. The van der Waals surface area contributed by atoms with E-state index in [4.69, 9.17) is 9.15 Å². The maximum atomic E-state index is 11.6. The molecule has 0 aliphatic heterocycles. The molecule has 1 N–H and O–H groups in total. The Morgan fingerprint density at radius 1 is 1.18 bits per heavy atom. The van der Waals surface area contributed by atoms with Gasteiger partial charge in [-0.1, -0.05) is 0 Å². The number of fused-ring (bicyclic) bond motifs is 1. The van der Waals surface area contributed by atoms with Gasteiger partial charge in [0.25, 0.3) is 0 Å². The topological polar surface area (TPSA) is 82.2 Å². The highest BCUT2D eigenvalue weighted by molar-refractivity contribution is 5.94. The summed E-state index contributed by atoms with van der Waals surface area (Å²) in [6.45, 7) is 4.73. The summed E-state index contributed by atoms with van der Waals surface area (Å²) in [5.41, 5.74) is 4.38. The largest absolute Gasteiger partial charge is 0.467 e. The summed E-state index contributed by atoms with van der Waals surface area (Å²) in [6, 6.07) is 10.9. The lowest BCUT2D eigenvalue weighted by atomic mass is 10.2. The van der Waals surface area contributed by atoms with Crippen molar-refractivity contribution in [1.29, 1.82) is 0 Å². The number of methoxy groups -OCH3 is 1. The number of aromatic nitrogens is 3. The van der Waals surface area contributed by atoms with Crippen molar-refractivity contribution in [1.82, 2.24) is 14.5 Å². The van der Waals surface area contributed by atoms with Gasteiger partial charge >= 0.3 is 5.97 Å². The van der Waals surface area contributed by atoms with E-state index in [1.807, 2.05) is 24.3 Å². The molecule has 0 amide bonds. The summed E-state index contributed by atoms with van der Waals surface area (Å²) >= 11 is 0. The van der Waals surface area contributed by atoms with Crippen molar-refractivity contribution < 1.29 is 13.9 Å². The van der Waals surface area contributed by atoms with Crippen LogP contribution in [0.2, 0.25) is 0 Å². The molecule has 0 saturated heterocycles. The summed E-state index contributed by atoms with van der Waals surface area (Å²) in [6.07, 6.45) is 3.22. The van der Waals surface area contributed by atoms with E-state index >= 15 is 0 Å². The first kappa shape index (κ1) is 17.8. The summed E-state index contributed by atoms with van der Waals surface area (Å²) in [7, 11) is 1.37. The van der Waals surface area contributed by atoms with E-state index < -0.39 is 0 Å². The lowest BCUT2D eigenvalue weighted by molar-refractivity contribution is 0.0601. The Morgan fingerprint density at radius 2 is 1.96 bits per heavy atom. The minimum Gasteiger partial charge on any atom is -0.467 e.